The summed E-state index contributed by atoms with van der Waals surface area (Å²) in [6, 6.07) is 12.1. The third kappa shape index (κ3) is 4.52. The molecule has 1 aromatic carbocycles. The molecule has 0 bridgehead atoms. The normalized spacial score (nSPS) is 15.8. The predicted molar refractivity (Wildman–Crippen MR) is 105 cm³/mol. The summed E-state index contributed by atoms with van der Waals surface area (Å²) < 4.78 is 10.8. The van der Waals surface area contributed by atoms with Gasteiger partial charge in [-0.05, 0) is 30.5 Å². The Morgan fingerprint density at radius 1 is 1.30 bits per heavy atom. The maximum absolute atomic E-state index is 9.32. The molecule has 1 heterocycles. The first-order valence-corrected chi connectivity index (χ1v) is 9.42. The fraction of sp³-hybridized carbons (Fsp3) is 0.429. The lowest BCUT2D eigenvalue weighted by Gasteiger charge is -2.32. The third-order valence-electron chi connectivity index (χ3n) is 5.19. The molecule has 1 atom stereocenters. The van der Waals surface area contributed by atoms with Crippen molar-refractivity contribution in [2.24, 2.45) is 0 Å². The molecule has 0 aliphatic heterocycles. The van der Waals surface area contributed by atoms with Gasteiger partial charge in [-0.1, -0.05) is 12.1 Å². The summed E-state index contributed by atoms with van der Waals surface area (Å²) in [5, 5.41) is 9.12. The zero-order valence-corrected chi connectivity index (χ0v) is 16.4. The topological polar surface area (TPSA) is 58.4 Å². The summed E-state index contributed by atoms with van der Waals surface area (Å²) in [6.07, 6.45) is 6.06. The van der Waals surface area contributed by atoms with Crippen molar-refractivity contribution in [2.75, 3.05) is 20.8 Å². The number of hydrogen-bond acceptors (Lipinski definition) is 5. The average Bonchev–Trinajstić information content (AvgIpc) is 3.49. The summed E-state index contributed by atoms with van der Waals surface area (Å²) in [7, 11) is 3.30. The van der Waals surface area contributed by atoms with Crippen LogP contribution in [0.15, 0.2) is 42.7 Å². The predicted octanol–water partition coefficient (Wildman–Crippen LogP) is 4.33. The molecule has 1 aliphatic carbocycles. The number of alkyl halides is 1. The maximum Gasteiger partial charge on any atom is 0.127 e. The van der Waals surface area contributed by atoms with Crippen LogP contribution in [-0.2, 0) is 6.54 Å². The van der Waals surface area contributed by atoms with Crippen molar-refractivity contribution in [1.29, 1.82) is 5.26 Å². The molecular formula is C21H24ClN3O2. The fourth-order valence-corrected chi connectivity index (χ4v) is 3.67. The highest BCUT2D eigenvalue weighted by atomic mass is 35.5. The van der Waals surface area contributed by atoms with E-state index in [9.17, 15) is 5.26 Å². The summed E-state index contributed by atoms with van der Waals surface area (Å²) >= 11 is 6.71. The molecule has 1 aromatic heterocycles. The number of hydrogen-bond donors (Lipinski definition) is 0. The highest BCUT2D eigenvalue weighted by Crippen LogP contribution is 2.47. The van der Waals surface area contributed by atoms with E-state index in [-0.39, 0.29) is 10.9 Å². The van der Waals surface area contributed by atoms with Crippen molar-refractivity contribution in [2.45, 2.75) is 36.7 Å². The standard InChI is InChI=1S/C21H24ClN3O2/c1-26-18-6-5-17(20(12-18)27-2)14-25(21(7-8-21)9-10-23)15-19(22)16-4-3-11-24-13-16/h3-6,11-13,19H,7-9,14-15H2,1-2H3. The lowest BCUT2D eigenvalue weighted by molar-refractivity contribution is 0.167. The van der Waals surface area contributed by atoms with E-state index in [0.717, 1.165) is 35.5 Å². The quantitative estimate of drug-likeness (QED) is 0.601. The molecule has 2 aromatic rings. The Bertz CT molecular complexity index is 803. The van der Waals surface area contributed by atoms with Crippen molar-refractivity contribution >= 4 is 11.6 Å². The van der Waals surface area contributed by atoms with Crippen LogP contribution in [0.1, 0.15) is 35.8 Å². The van der Waals surface area contributed by atoms with E-state index in [0.29, 0.717) is 19.5 Å². The van der Waals surface area contributed by atoms with E-state index in [2.05, 4.69) is 16.0 Å². The van der Waals surface area contributed by atoms with E-state index < -0.39 is 0 Å². The number of nitriles is 1. The van der Waals surface area contributed by atoms with Crippen molar-refractivity contribution in [3.63, 3.8) is 0 Å². The van der Waals surface area contributed by atoms with Gasteiger partial charge in [0.1, 0.15) is 11.5 Å². The summed E-state index contributed by atoms with van der Waals surface area (Å²) in [6.45, 7) is 1.31. The van der Waals surface area contributed by atoms with Crippen LogP contribution in [0, 0.1) is 11.3 Å². The highest BCUT2D eigenvalue weighted by molar-refractivity contribution is 6.21. The molecule has 3 rings (SSSR count). The van der Waals surface area contributed by atoms with Crippen LogP contribution in [0.4, 0.5) is 0 Å². The summed E-state index contributed by atoms with van der Waals surface area (Å²) in [5.74, 6) is 1.53. The zero-order valence-electron chi connectivity index (χ0n) is 15.7. The first kappa shape index (κ1) is 19.5. The summed E-state index contributed by atoms with van der Waals surface area (Å²) in [4.78, 5) is 6.49. The van der Waals surface area contributed by atoms with Crippen LogP contribution >= 0.6 is 11.6 Å². The molecule has 0 radical (unpaired) electrons. The Balaban J connectivity index is 1.84. The minimum absolute atomic E-state index is 0.102. The van der Waals surface area contributed by atoms with Crippen LogP contribution in [0.25, 0.3) is 0 Å². The van der Waals surface area contributed by atoms with E-state index >= 15 is 0 Å². The maximum atomic E-state index is 9.32. The van der Waals surface area contributed by atoms with Gasteiger partial charge in [-0.3, -0.25) is 9.88 Å². The van der Waals surface area contributed by atoms with Gasteiger partial charge >= 0.3 is 0 Å². The van der Waals surface area contributed by atoms with Gasteiger partial charge < -0.3 is 9.47 Å². The Labute approximate surface area is 165 Å². The van der Waals surface area contributed by atoms with Gasteiger partial charge in [-0.2, -0.15) is 5.26 Å². The van der Waals surface area contributed by atoms with Crippen LogP contribution in [0.5, 0.6) is 11.5 Å². The lowest BCUT2D eigenvalue weighted by atomic mass is 10.1. The Kier molecular flexibility index (Phi) is 6.20. The monoisotopic (exact) mass is 385 g/mol. The van der Waals surface area contributed by atoms with Crippen LogP contribution < -0.4 is 9.47 Å². The Morgan fingerprint density at radius 3 is 2.70 bits per heavy atom. The van der Waals surface area contributed by atoms with Crippen molar-refractivity contribution < 1.29 is 9.47 Å². The van der Waals surface area contributed by atoms with Crippen molar-refractivity contribution in [3.8, 4) is 17.6 Å². The summed E-state index contributed by atoms with van der Waals surface area (Å²) in [5.41, 5.74) is 1.94. The van der Waals surface area contributed by atoms with E-state index in [4.69, 9.17) is 21.1 Å². The zero-order chi connectivity index (χ0) is 19.3. The Morgan fingerprint density at radius 2 is 2.11 bits per heavy atom. The number of methoxy groups -OCH3 is 2. The second-order valence-corrected chi connectivity index (χ2v) is 7.40. The molecule has 0 spiro atoms. The fourth-order valence-electron chi connectivity index (χ4n) is 3.37. The van der Waals surface area contributed by atoms with Crippen molar-refractivity contribution in [1.82, 2.24) is 9.88 Å². The van der Waals surface area contributed by atoms with Gasteiger partial charge in [0.25, 0.3) is 0 Å². The van der Waals surface area contributed by atoms with E-state index in [1.165, 1.54) is 0 Å². The molecule has 0 amide bonds. The smallest absolute Gasteiger partial charge is 0.127 e. The molecule has 5 nitrogen and oxygen atoms in total. The molecule has 1 fully saturated rings. The van der Waals surface area contributed by atoms with Gasteiger partial charge in [0.15, 0.2) is 0 Å². The number of rotatable bonds is 9. The Hall–Kier alpha value is -2.29. The van der Waals surface area contributed by atoms with E-state index in [1.807, 2.05) is 30.3 Å². The number of nitrogens with zero attached hydrogens (tertiary/aromatic N) is 3. The average molecular weight is 386 g/mol. The molecule has 0 N–H and O–H groups in total. The van der Waals surface area contributed by atoms with Gasteiger partial charge in [0.2, 0.25) is 0 Å². The molecule has 142 valence electrons. The second-order valence-electron chi connectivity index (χ2n) is 6.87. The molecule has 6 heteroatoms. The molecule has 1 unspecified atom stereocenters. The van der Waals surface area contributed by atoms with E-state index in [1.54, 1.807) is 26.6 Å². The third-order valence-corrected chi connectivity index (χ3v) is 5.58. The van der Waals surface area contributed by atoms with Gasteiger partial charge in [-0.25, -0.2) is 0 Å². The molecule has 0 saturated heterocycles. The minimum Gasteiger partial charge on any atom is -0.497 e. The molecule has 1 saturated carbocycles. The second kappa shape index (κ2) is 8.60. The number of aromatic nitrogens is 1. The lowest BCUT2D eigenvalue weighted by Crippen LogP contribution is -2.39. The number of benzene rings is 1. The SMILES string of the molecule is COc1ccc(CN(CC(Cl)c2cccnc2)C2(CC#N)CC2)c(OC)c1. The molecule has 1 aliphatic rings. The first-order valence-electron chi connectivity index (χ1n) is 8.99. The van der Waals surface area contributed by atoms with Gasteiger partial charge in [-0.15, -0.1) is 11.6 Å². The van der Waals surface area contributed by atoms with Crippen LogP contribution in [0.3, 0.4) is 0 Å². The molecule has 27 heavy (non-hydrogen) atoms. The molecular weight excluding hydrogens is 362 g/mol. The number of ether oxygens (including phenoxy) is 2. The minimum atomic E-state index is -0.195. The largest absolute Gasteiger partial charge is 0.497 e. The first-order chi connectivity index (χ1) is 13.1. The van der Waals surface area contributed by atoms with Crippen LogP contribution in [0.2, 0.25) is 0 Å². The van der Waals surface area contributed by atoms with Crippen molar-refractivity contribution in [3.05, 3.63) is 53.9 Å². The van der Waals surface area contributed by atoms with Crippen LogP contribution in [-0.4, -0.2) is 36.2 Å². The van der Waals surface area contributed by atoms with Gasteiger partial charge in [0.05, 0.1) is 32.1 Å². The number of halogens is 1. The van der Waals surface area contributed by atoms with Gasteiger partial charge in [0, 0.05) is 42.7 Å². The number of pyridine rings is 1. The highest BCUT2D eigenvalue weighted by Gasteiger charge is 2.48.